The van der Waals surface area contributed by atoms with Gasteiger partial charge in [0.25, 0.3) is 0 Å². The highest BCUT2D eigenvalue weighted by Crippen LogP contribution is 2.37. The molecule has 1 aromatic carbocycles. The van der Waals surface area contributed by atoms with Crippen molar-refractivity contribution >= 4 is 23.2 Å². The third-order valence-electron chi connectivity index (χ3n) is 7.75. The first-order valence-corrected chi connectivity index (χ1v) is 14.0. The molecule has 5 rings (SSSR count). The van der Waals surface area contributed by atoms with E-state index in [1.807, 2.05) is 24.0 Å². The number of aromatic nitrogens is 1. The van der Waals surface area contributed by atoms with E-state index < -0.39 is 0 Å². The highest BCUT2D eigenvalue weighted by molar-refractivity contribution is 5.82. The van der Waals surface area contributed by atoms with E-state index in [0.29, 0.717) is 19.6 Å². The second-order valence-corrected chi connectivity index (χ2v) is 10.7. The van der Waals surface area contributed by atoms with Gasteiger partial charge in [-0.05, 0) is 62.9 Å². The summed E-state index contributed by atoms with van der Waals surface area (Å²) >= 11 is 0. The zero-order chi connectivity index (χ0) is 27.4. The first-order valence-electron chi connectivity index (χ1n) is 14.0. The van der Waals surface area contributed by atoms with Crippen molar-refractivity contribution in [2.75, 3.05) is 49.1 Å². The second kappa shape index (κ2) is 11.9. The number of hydrogen-bond acceptors (Lipinski definition) is 6. The smallest absolute Gasteiger partial charge is 0.226 e. The maximum atomic E-state index is 12.9. The van der Waals surface area contributed by atoms with E-state index in [9.17, 15) is 9.59 Å². The summed E-state index contributed by atoms with van der Waals surface area (Å²) in [5, 5.41) is 3.05. The zero-order valence-electron chi connectivity index (χ0n) is 23.3. The summed E-state index contributed by atoms with van der Waals surface area (Å²) in [6.45, 7) is 11.1. The molecule has 2 amide bonds. The summed E-state index contributed by atoms with van der Waals surface area (Å²) in [6, 6.07) is 12.6. The van der Waals surface area contributed by atoms with Gasteiger partial charge in [0.2, 0.25) is 11.8 Å². The molecule has 2 fully saturated rings. The van der Waals surface area contributed by atoms with E-state index in [4.69, 9.17) is 4.42 Å². The Hall–Kier alpha value is -3.81. The average Bonchev–Trinajstić information content (AvgIpc) is 3.32. The fourth-order valence-corrected chi connectivity index (χ4v) is 5.63. The second-order valence-electron chi connectivity index (χ2n) is 10.7. The van der Waals surface area contributed by atoms with Crippen LogP contribution in [0.5, 0.6) is 0 Å². The minimum Gasteiger partial charge on any atom is -0.464 e. The van der Waals surface area contributed by atoms with Gasteiger partial charge >= 0.3 is 0 Å². The fourth-order valence-electron chi connectivity index (χ4n) is 5.63. The third kappa shape index (κ3) is 6.44. The largest absolute Gasteiger partial charge is 0.464 e. The summed E-state index contributed by atoms with van der Waals surface area (Å²) in [7, 11) is 0. The van der Waals surface area contributed by atoms with Crippen LogP contribution in [0.3, 0.4) is 0 Å². The molecule has 206 valence electrons. The van der Waals surface area contributed by atoms with E-state index >= 15 is 0 Å². The van der Waals surface area contributed by atoms with Gasteiger partial charge in [-0.25, -0.2) is 0 Å². The SMILES string of the molecule is CC(=O)N1CCN(c2ccnc(CC(=O)NCc3oc(C)cc3-c3ccc(C)cc3N3CCCCC3)c2)CC1. The third-order valence-corrected chi connectivity index (χ3v) is 7.75. The molecule has 2 aliphatic heterocycles. The molecule has 4 heterocycles. The number of furan rings is 1. The van der Waals surface area contributed by atoms with Gasteiger partial charge in [-0.15, -0.1) is 0 Å². The van der Waals surface area contributed by atoms with E-state index in [1.165, 1.54) is 30.5 Å². The normalized spacial score (nSPS) is 15.9. The molecule has 0 saturated carbocycles. The number of nitrogens with one attached hydrogen (secondary N) is 1. The van der Waals surface area contributed by atoms with Gasteiger partial charge in [-0.3, -0.25) is 14.6 Å². The number of piperidine rings is 1. The molecule has 0 spiro atoms. The molecule has 1 N–H and O–H groups in total. The molecule has 0 atom stereocenters. The minimum absolute atomic E-state index is 0.0961. The molecular weight excluding hydrogens is 490 g/mol. The number of aryl methyl sites for hydroxylation is 2. The van der Waals surface area contributed by atoms with E-state index in [2.05, 4.69) is 51.3 Å². The molecule has 8 nitrogen and oxygen atoms in total. The van der Waals surface area contributed by atoms with Crippen LogP contribution in [0.1, 0.15) is 49.0 Å². The van der Waals surface area contributed by atoms with Gasteiger partial charge in [0.15, 0.2) is 0 Å². The number of hydrogen-bond donors (Lipinski definition) is 1. The summed E-state index contributed by atoms with van der Waals surface area (Å²) in [5.74, 6) is 1.62. The first kappa shape index (κ1) is 26.8. The number of pyridine rings is 1. The highest BCUT2D eigenvalue weighted by atomic mass is 16.3. The van der Waals surface area contributed by atoms with Crippen molar-refractivity contribution < 1.29 is 14.0 Å². The summed E-state index contributed by atoms with van der Waals surface area (Å²) in [6.07, 6.45) is 5.66. The Morgan fingerprint density at radius 2 is 1.67 bits per heavy atom. The van der Waals surface area contributed by atoms with Crippen LogP contribution in [0.2, 0.25) is 0 Å². The lowest BCUT2D eigenvalue weighted by Crippen LogP contribution is -2.48. The predicted molar refractivity (Wildman–Crippen MR) is 154 cm³/mol. The quantitative estimate of drug-likeness (QED) is 0.486. The van der Waals surface area contributed by atoms with Gasteiger partial charge in [0.1, 0.15) is 11.5 Å². The molecule has 2 aliphatic rings. The van der Waals surface area contributed by atoms with Crippen molar-refractivity contribution in [3.8, 4) is 11.1 Å². The van der Waals surface area contributed by atoms with Crippen molar-refractivity contribution in [1.29, 1.82) is 0 Å². The van der Waals surface area contributed by atoms with Gasteiger partial charge in [-0.1, -0.05) is 12.1 Å². The van der Waals surface area contributed by atoms with Gasteiger partial charge in [0, 0.05) is 74.9 Å². The van der Waals surface area contributed by atoms with Crippen LogP contribution >= 0.6 is 0 Å². The summed E-state index contributed by atoms with van der Waals surface area (Å²) in [4.78, 5) is 35.6. The Bertz CT molecular complexity index is 1320. The van der Waals surface area contributed by atoms with Gasteiger partial charge < -0.3 is 24.4 Å². The predicted octanol–water partition coefficient (Wildman–Crippen LogP) is 4.48. The molecule has 39 heavy (non-hydrogen) atoms. The highest BCUT2D eigenvalue weighted by Gasteiger charge is 2.21. The maximum Gasteiger partial charge on any atom is 0.226 e. The number of rotatable bonds is 7. The molecule has 0 radical (unpaired) electrons. The number of benzene rings is 1. The molecule has 8 heteroatoms. The van der Waals surface area contributed by atoms with Crippen LogP contribution in [0.15, 0.2) is 47.0 Å². The number of amides is 2. The molecule has 3 aromatic rings. The Kier molecular flexibility index (Phi) is 8.19. The van der Waals surface area contributed by atoms with Crippen molar-refractivity contribution in [3.05, 3.63) is 65.4 Å². The molecule has 2 aromatic heterocycles. The van der Waals surface area contributed by atoms with Crippen LogP contribution < -0.4 is 15.1 Å². The Labute approximate surface area is 231 Å². The van der Waals surface area contributed by atoms with Gasteiger partial charge in [0.05, 0.1) is 18.7 Å². The Morgan fingerprint density at radius 3 is 2.41 bits per heavy atom. The monoisotopic (exact) mass is 529 g/mol. The molecule has 0 bridgehead atoms. The zero-order valence-corrected chi connectivity index (χ0v) is 23.3. The molecule has 0 unspecified atom stereocenters. The number of carbonyl (C=O) groups excluding carboxylic acids is 2. The maximum absolute atomic E-state index is 12.9. The minimum atomic E-state index is -0.0961. The first-order chi connectivity index (χ1) is 18.9. The molecule has 2 saturated heterocycles. The topological polar surface area (TPSA) is 81.9 Å². The lowest BCUT2D eigenvalue weighted by molar-refractivity contribution is -0.129. The average molecular weight is 530 g/mol. The van der Waals surface area contributed by atoms with Crippen LogP contribution in [0.4, 0.5) is 11.4 Å². The number of anilines is 2. The van der Waals surface area contributed by atoms with Crippen LogP contribution in [-0.4, -0.2) is 61.0 Å². The lowest BCUT2D eigenvalue weighted by atomic mass is 9.99. The van der Waals surface area contributed by atoms with Crippen LogP contribution in [0.25, 0.3) is 11.1 Å². The lowest BCUT2D eigenvalue weighted by Gasteiger charge is -2.35. The van der Waals surface area contributed by atoms with Crippen molar-refractivity contribution in [2.24, 2.45) is 0 Å². The van der Waals surface area contributed by atoms with E-state index in [1.54, 1.807) is 13.1 Å². The van der Waals surface area contributed by atoms with Gasteiger partial charge in [-0.2, -0.15) is 0 Å². The number of carbonyl (C=O) groups is 2. The van der Waals surface area contributed by atoms with Crippen molar-refractivity contribution in [3.63, 3.8) is 0 Å². The van der Waals surface area contributed by atoms with E-state index in [0.717, 1.165) is 60.2 Å². The standard InChI is InChI=1S/C31H39N5O3/c1-22-7-8-27(29(17-22)36-11-5-4-6-12-36)28-18-23(2)39-30(28)21-33-31(38)20-25-19-26(9-10-32-25)35-15-13-34(14-16-35)24(3)37/h7-10,17-19H,4-6,11-16,20-21H2,1-3H3,(H,33,38). The number of nitrogens with zero attached hydrogens (tertiary/aromatic N) is 4. The van der Waals surface area contributed by atoms with E-state index in [-0.39, 0.29) is 18.2 Å². The van der Waals surface area contributed by atoms with Crippen molar-refractivity contribution in [2.45, 2.75) is 53.0 Å². The Morgan fingerprint density at radius 1 is 0.897 bits per heavy atom. The summed E-state index contributed by atoms with van der Waals surface area (Å²) < 4.78 is 6.08. The summed E-state index contributed by atoms with van der Waals surface area (Å²) in [5.41, 5.74) is 6.43. The molecule has 0 aliphatic carbocycles. The number of piperazine rings is 1. The van der Waals surface area contributed by atoms with Crippen LogP contribution in [-0.2, 0) is 22.6 Å². The van der Waals surface area contributed by atoms with Crippen molar-refractivity contribution in [1.82, 2.24) is 15.2 Å². The van der Waals surface area contributed by atoms with Crippen LogP contribution in [0, 0.1) is 13.8 Å². The Balaban J connectivity index is 1.25. The molecular formula is C31H39N5O3. The fraction of sp³-hybridized carbons (Fsp3) is 0.452.